The second-order valence-corrected chi connectivity index (χ2v) is 9.91. The molecule has 36 heavy (non-hydrogen) atoms. The summed E-state index contributed by atoms with van der Waals surface area (Å²) < 4.78 is 18.4. The smallest absolute Gasteiger partial charge is 0.253 e. The van der Waals surface area contributed by atoms with Gasteiger partial charge in [0.15, 0.2) is 5.69 Å². The Morgan fingerprint density at radius 1 is 1.22 bits per heavy atom. The van der Waals surface area contributed by atoms with Crippen molar-refractivity contribution in [2.75, 3.05) is 13.2 Å². The second-order valence-electron chi connectivity index (χ2n) is 9.91. The molecule has 11 nitrogen and oxygen atoms in total. The minimum Gasteiger partial charge on any atom is -0.470 e. The summed E-state index contributed by atoms with van der Waals surface area (Å²) >= 11 is 0. The Morgan fingerprint density at radius 3 is 2.69 bits per heavy atom. The molecule has 0 saturated carbocycles. The van der Waals surface area contributed by atoms with Crippen molar-refractivity contribution in [1.29, 1.82) is 0 Å². The van der Waals surface area contributed by atoms with Crippen molar-refractivity contribution in [2.45, 2.75) is 58.6 Å². The summed E-state index contributed by atoms with van der Waals surface area (Å²) in [6.45, 7) is 9.60. The fraction of sp³-hybridized carbons (Fsp3) is 0.440. The van der Waals surface area contributed by atoms with E-state index in [1.165, 1.54) is 0 Å². The van der Waals surface area contributed by atoms with Crippen LogP contribution in [-0.4, -0.2) is 55.1 Å². The highest BCUT2D eigenvalue weighted by molar-refractivity contribution is 5.94. The average Bonchev–Trinajstić information content (AvgIpc) is 3.46. The van der Waals surface area contributed by atoms with Crippen molar-refractivity contribution in [2.24, 2.45) is 0 Å². The van der Waals surface area contributed by atoms with Crippen LogP contribution in [0.5, 0.6) is 5.88 Å². The number of aromatic nitrogens is 6. The normalized spacial score (nSPS) is 14.8. The maximum Gasteiger partial charge on any atom is 0.253 e. The maximum atomic E-state index is 12.5. The van der Waals surface area contributed by atoms with Gasteiger partial charge < -0.3 is 19.3 Å². The van der Waals surface area contributed by atoms with Crippen molar-refractivity contribution in [3.05, 3.63) is 53.2 Å². The van der Waals surface area contributed by atoms with Crippen LogP contribution in [0.25, 0.3) is 17.0 Å². The zero-order valence-electron chi connectivity index (χ0n) is 20.8. The number of ether oxygens (including phenoxy) is 2. The van der Waals surface area contributed by atoms with Crippen molar-refractivity contribution >= 4 is 11.4 Å². The zero-order valence-corrected chi connectivity index (χ0v) is 20.8. The molecule has 1 fully saturated rings. The van der Waals surface area contributed by atoms with Gasteiger partial charge in [-0.2, -0.15) is 5.10 Å². The molecule has 1 amide bonds. The number of nitrogens with zero attached hydrogens (tertiary/aromatic N) is 6. The van der Waals surface area contributed by atoms with Gasteiger partial charge in [-0.3, -0.25) is 9.78 Å². The molecule has 5 rings (SSSR count). The van der Waals surface area contributed by atoms with E-state index in [9.17, 15) is 4.79 Å². The largest absolute Gasteiger partial charge is 0.470 e. The Bertz CT molecular complexity index is 1370. The van der Waals surface area contributed by atoms with Crippen LogP contribution in [0.1, 0.15) is 61.0 Å². The van der Waals surface area contributed by atoms with Gasteiger partial charge in [0.1, 0.15) is 12.4 Å². The van der Waals surface area contributed by atoms with Crippen LogP contribution in [0.3, 0.4) is 0 Å². The molecule has 0 radical (unpaired) electrons. The fourth-order valence-corrected chi connectivity index (χ4v) is 4.21. The van der Waals surface area contributed by atoms with E-state index in [0.717, 1.165) is 23.9 Å². The summed E-state index contributed by atoms with van der Waals surface area (Å²) in [6.07, 6.45) is 4.88. The van der Waals surface area contributed by atoms with Crippen LogP contribution in [0.2, 0.25) is 0 Å². The first kappa shape index (κ1) is 23.9. The number of pyridine rings is 1. The molecule has 0 aliphatic carbocycles. The van der Waals surface area contributed by atoms with E-state index in [4.69, 9.17) is 19.1 Å². The predicted octanol–water partition coefficient (Wildman–Crippen LogP) is 3.27. The van der Waals surface area contributed by atoms with E-state index in [0.29, 0.717) is 47.6 Å². The van der Waals surface area contributed by atoms with Crippen LogP contribution in [0, 0.1) is 6.92 Å². The Hall–Kier alpha value is -3.86. The third-order valence-corrected chi connectivity index (χ3v) is 6.03. The van der Waals surface area contributed by atoms with Crippen LogP contribution < -0.4 is 10.1 Å². The molecule has 0 spiro atoms. The van der Waals surface area contributed by atoms with Crippen molar-refractivity contribution < 1.29 is 18.8 Å². The highest BCUT2D eigenvalue weighted by Crippen LogP contribution is 2.36. The molecule has 5 heterocycles. The van der Waals surface area contributed by atoms with Gasteiger partial charge in [0.05, 0.1) is 23.0 Å². The average molecular weight is 492 g/mol. The van der Waals surface area contributed by atoms with Gasteiger partial charge in [-0.05, 0) is 37.3 Å². The molecule has 11 heteroatoms. The minimum absolute atomic E-state index is 0.132. The second kappa shape index (κ2) is 9.65. The Kier molecular flexibility index (Phi) is 6.40. The number of carbonyl (C=O) groups excluding carboxylic acids is 1. The third-order valence-electron chi connectivity index (χ3n) is 6.03. The number of amides is 1. The molecule has 188 valence electrons. The first-order chi connectivity index (χ1) is 17.3. The summed E-state index contributed by atoms with van der Waals surface area (Å²) in [4.78, 5) is 17.0. The van der Waals surface area contributed by atoms with Gasteiger partial charge in [-0.15, -0.1) is 10.2 Å². The van der Waals surface area contributed by atoms with Crippen LogP contribution in [0.15, 0.2) is 35.1 Å². The van der Waals surface area contributed by atoms with E-state index < -0.39 is 0 Å². The number of rotatable bonds is 6. The molecule has 0 unspecified atom stereocenters. The SMILES string of the molecule is Cc1cc(-c2nncc3c(C(C)(C)C)c(OCc4ccc(C(=O)NC5CCOCC5)cn4)nn23)no1. The predicted molar refractivity (Wildman–Crippen MR) is 130 cm³/mol. The molecule has 0 atom stereocenters. The number of hydrogen-bond donors (Lipinski definition) is 1. The van der Waals surface area contributed by atoms with Gasteiger partial charge in [-0.1, -0.05) is 25.9 Å². The van der Waals surface area contributed by atoms with E-state index in [1.807, 2.05) is 6.92 Å². The van der Waals surface area contributed by atoms with Crippen LogP contribution >= 0.6 is 0 Å². The summed E-state index contributed by atoms with van der Waals surface area (Å²) in [7, 11) is 0. The molecule has 1 saturated heterocycles. The van der Waals surface area contributed by atoms with E-state index in [2.05, 4.69) is 46.4 Å². The van der Waals surface area contributed by atoms with Crippen molar-refractivity contribution in [3.8, 4) is 17.4 Å². The standard InChI is InChI=1S/C25H29N7O4/c1-15-11-19(31-36-15)22-29-27-13-20-21(25(2,3)4)24(30-32(20)22)35-14-18-6-5-16(12-26-18)23(33)28-17-7-9-34-10-8-17/h5-6,11-13,17H,7-10,14H2,1-4H3,(H,28,33). The summed E-state index contributed by atoms with van der Waals surface area (Å²) in [5.41, 5.74) is 3.12. The monoisotopic (exact) mass is 491 g/mol. The van der Waals surface area contributed by atoms with Crippen molar-refractivity contribution in [1.82, 2.24) is 35.3 Å². The van der Waals surface area contributed by atoms with E-state index in [-0.39, 0.29) is 24.0 Å². The Morgan fingerprint density at radius 2 is 2.03 bits per heavy atom. The van der Waals surface area contributed by atoms with Gasteiger partial charge in [0.25, 0.3) is 5.91 Å². The number of hydrogen-bond acceptors (Lipinski definition) is 9. The van der Waals surface area contributed by atoms with E-state index in [1.54, 1.807) is 35.1 Å². The summed E-state index contributed by atoms with van der Waals surface area (Å²) in [5.74, 6) is 1.46. The molecule has 0 aromatic carbocycles. The highest BCUT2D eigenvalue weighted by atomic mass is 16.5. The summed E-state index contributed by atoms with van der Waals surface area (Å²) in [6, 6.07) is 5.47. The third kappa shape index (κ3) is 4.92. The van der Waals surface area contributed by atoms with Gasteiger partial charge in [0, 0.05) is 37.1 Å². The van der Waals surface area contributed by atoms with Crippen molar-refractivity contribution in [3.63, 3.8) is 0 Å². The Labute approximate surface area is 208 Å². The van der Waals surface area contributed by atoms with Gasteiger partial charge >= 0.3 is 0 Å². The number of aryl methyl sites for hydroxylation is 1. The lowest BCUT2D eigenvalue weighted by Crippen LogP contribution is -2.38. The zero-order chi connectivity index (χ0) is 25.3. The lowest BCUT2D eigenvalue weighted by molar-refractivity contribution is 0.0696. The molecule has 1 aliphatic heterocycles. The van der Waals surface area contributed by atoms with E-state index >= 15 is 0 Å². The lowest BCUT2D eigenvalue weighted by atomic mass is 9.88. The lowest BCUT2D eigenvalue weighted by Gasteiger charge is -2.23. The quantitative estimate of drug-likeness (QED) is 0.432. The molecule has 1 N–H and O–H groups in total. The number of carbonyl (C=O) groups is 1. The first-order valence-electron chi connectivity index (χ1n) is 11.9. The molecule has 0 bridgehead atoms. The molecule has 4 aromatic rings. The molecule has 4 aromatic heterocycles. The van der Waals surface area contributed by atoms with Crippen LogP contribution in [0.4, 0.5) is 0 Å². The first-order valence-corrected chi connectivity index (χ1v) is 11.9. The maximum absolute atomic E-state index is 12.5. The molecular weight excluding hydrogens is 462 g/mol. The topological polar surface area (TPSA) is 130 Å². The molecule has 1 aliphatic rings. The fourth-order valence-electron chi connectivity index (χ4n) is 4.21. The number of fused-ring (bicyclic) bond motifs is 1. The van der Waals surface area contributed by atoms with Crippen LogP contribution in [-0.2, 0) is 16.8 Å². The summed E-state index contributed by atoms with van der Waals surface area (Å²) in [5, 5.41) is 20.2. The Balaban J connectivity index is 1.36. The van der Waals surface area contributed by atoms with Gasteiger partial charge in [0.2, 0.25) is 11.7 Å². The minimum atomic E-state index is -0.281. The number of nitrogens with one attached hydrogen (secondary N) is 1. The van der Waals surface area contributed by atoms with Gasteiger partial charge in [-0.25, -0.2) is 4.52 Å². The molecular formula is C25H29N7O4. The highest BCUT2D eigenvalue weighted by Gasteiger charge is 2.28.